The number of fused-ring (bicyclic) bond motifs is 1. The number of aryl methyl sites for hydroxylation is 1. The van der Waals surface area contributed by atoms with Gasteiger partial charge in [0.2, 0.25) is 0 Å². The van der Waals surface area contributed by atoms with E-state index < -0.39 is 0 Å². The highest BCUT2D eigenvalue weighted by molar-refractivity contribution is 5.99. The van der Waals surface area contributed by atoms with E-state index in [0.717, 1.165) is 31.6 Å². The number of anilines is 1. The average molecular weight is 351 g/mol. The van der Waals surface area contributed by atoms with Gasteiger partial charge in [-0.2, -0.15) is 0 Å². The zero-order valence-corrected chi connectivity index (χ0v) is 15.4. The third kappa shape index (κ3) is 4.02. The number of aromatic nitrogens is 3. The molecule has 0 saturated carbocycles. The van der Waals surface area contributed by atoms with Crippen LogP contribution in [0.5, 0.6) is 0 Å². The van der Waals surface area contributed by atoms with E-state index in [9.17, 15) is 4.79 Å². The molecule has 0 aliphatic rings. The molecule has 0 aliphatic carbocycles. The van der Waals surface area contributed by atoms with E-state index in [4.69, 9.17) is 0 Å². The molecule has 0 atom stereocenters. The van der Waals surface area contributed by atoms with E-state index >= 15 is 0 Å². The molecule has 0 aliphatic heterocycles. The molecule has 2 heterocycles. The van der Waals surface area contributed by atoms with Crippen LogP contribution < -0.4 is 10.2 Å². The summed E-state index contributed by atoms with van der Waals surface area (Å²) in [6.07, 6.45) is 4.62. The van der Waals surface area contributed by atoms with E-state index in [1.807, 2.05) is 34.9 Å². The lowest BCUT2D eigenvalue weighted by Gasteiger charge is -2.19. The van der Waals surface area contributed by atoms with Crippen LogP contribution >= 0.6 is 0 Å². The number of hydrogen-bond acceptors (Lipinski definition) is 4. The smallest absolute Gasteiger partial charge is 0.255 e. The molecule has 1 N–H and O–H groups in total. The first-order valence-electron chi connectivity index (χ1n) is 9.07. The van der Waals surface area contributed by atoms with Crippen molar-refractivity contribution >= 4 is 17.2 Å². The minimum absolute atomic E-state index is 0.103. The Labute approximate surface area is 153 Å². The Balaban J connectivity index is 1.56. The number of para-hydroxylation sites is 1. The standard InChI is InChI=1S/C20H25N5O/c1-3-9-18-22-23-19-17(12-7-15-25(18)19)20(26)21-13-8-14-24(2)16-10-5-4-6-11-16/h4-7,10-12,15H,3,8-9,13-14H2,1-2H3,(H,21,26). The Morgan fingerprint density at radius 3 is 2.73 bits per heavy atom. The first-order valence-corrected chi connectivity index (χ1v) is 9.07. The van der Waals surface area contributed by atoms with Gasteiger partial charge >= 0.3 is 0 Å². The van der Waals surface area contributed by atoms with Gasteiger partial charge < -0.3 is 10.2 Å². The maximum absolute atomic E-state index is 12.5. The molecule has 0 saturated heterocycles. The first kappa shape index (κ1) is 17.9. The predicted molar refractivity (Wildman–Crippen MR) is 104 cm³/mol. The molecule has 0 bridgehead atoms. The lowest BCUT2D eigenvalue weighted by molar-refractivity contribution is 0.0954. The monoisotopic (exact) mass is 351 g/mol. The Morgan fingerprint density at radius 2 is 1.96 bits per heavy atom. The van der Waals surface area contributed by atoms with Crippen LogP contribution in [-0.4, -0.2) is 40.6 Å². The lowest BCUT2D eigenvalue weighted by atomic mass is 10.2. The molecular weight excluding hydrogens is 326 g/mol. The number of hydrogen-bond donors (Lipinski definition) is 1. The van der Waals surface area contributed by atoms with E-state index in [1.165, 1.54) is 5.69 Å². The van der Waals surface area contributed by atoms with Gasteiger partial charge in [-0.1, -0.05) is 25.1 Å². The van der Waals surface area contributed by atoms with Gasteiger partial charge in [0.1, 0.15) is 5.82 Å². The maximum atomic E-state index is 12.5. The SMILES string of the molecule is CCCc1nnc2c(C(=O)NCCCN(C)c3ccccc3)cccn12. The highest BCUT2D eigenvalue weighted by Crippen LogP contribution is 2.12. The molecule has 6 nitrogen and oxygen atoms in total. The van der Waals surface area contributed by atoms with Gasteiger partial charge in [-0.3, -0.25) is 9.20 Å². The Hall–Kier alpha value is -2.89. The number of amides is 1. The third-order valence-corrected chi connectivity index (χ3v) is 4.38. The zero-order valence-electron chi connectivity index (χ0n) is 15.4. The van der Waals surface area contributed by atoms with Gasteiger partial charge in [-0.05, 0) is 37.1 Å². The summed E-state index contributed by atoms with van der Waals surface area (Å²) in [6.45, 7) is 3.59. The number of carbonyl (C=O) groups excluding carboxylic acids is 1. The fourth-order valence-corrected chi connectivity index (χ4v) is 2.96. The van der Waals surface area contributed by atoms with Gasteiger partial charge in [0.25, 0.3) is 5.91 Å². The fraction of sp³-hybridized carbons (Fsp3) is 0.350. The molecule has 0 radical (unpaired) electrons. The highest BCUT2D eigenvalue weighted by atomic mass is 16.1. The molecule has 2 aromatic heterocycles. The normalized spacial score (nSPS) is 10.8. The van der Waals surface area contributed by atoms with E-state index in [2.05, 4.69) is 46.5 Å². The molecule has 0 fully saturated rings. The summed E-state index contributed by atoms with van der Waals surface area (Å²) in [7, 11) is 2.06. The van der Waals surface area contributed by atoms with Crippen LogP contribution in [0.25, 0.3) is 5.65 Å². The summed E-state index contributed by atoms with van der Waals surface area (Å²) in [4.78, 5) is 14.7. The second-order valence-electron chi connectivity index (χ2n) is 6.35. The molecule has 136 valence electrons. The van der Waals surface area contributed by atoms with Crippen molar-refractivity contribution in [2.45, 2.75) is 26.2 Å². The van der Waals surface area contributed by atoms with Crippen LogP contribution in [0.2, 0.25) is 0 Å². The number of pyridine rings is 1. The quantitative estimate of drug-likeness (QED) is 0.634. The molecule has 6 heteroatoms. The number of benzene rings is 1. The number of nitrogens with zero attached hydrogens (tertiary/aromatic N) is 4. The largest absolute Gasteiger partial charge is 0.375 e. The number of rotatable bonds is 8. The van der Waals surface area contributed by atoms with E-state index in [-0.39, 0.29) is 5.91 Å². The van der Waals surface area contributed by atoms with Gasteiger partial charge in [0.05, 0.1) is 5.56 Å². The molecule has 26 heavy (non-hydrogen) atoms. The maximum Gasteiger partial charge on any atom is 0.255 e. The van der Waals surface area contributed by atoms with Crippen LogP contribution in [0.1, 0.15) is 35.9 Å². The van der Waals surface area contributed by atoms with Crippen LogP contribution in [0.4, 0.5) is 5.69 Å². The van der Waals surface area contributed by atoms with E-state index in [1.54, 1.807) is 6.07 Å². The Kier molecular flexibility index (Phi) is 5.84. The van der Waals surface area contributed by atoms with Crippen LogP contribution in [0.15, 0.2) is 48.7 Å². The minimum Gasteiger partial charge on any atom is -0.375 e. The van der Waals surface area contributed by atoms with Crippen LogP contribution in [0, 0.1) is 0 Å². The van der Waals surface area contributed by atoms with Crippen molar-refractivity contribution in [3.63, 3.8) is 0 Å². The van der Waals surface area contributed by atoms with Gasteiger partial charge in [0, 0.05) is 38.4 Å². The molecule has 0 spiro atoms. The highest BCUT2D eigenvalue weighted by Gasteiger charge is 2.14. The Bertz CT molecular complexity index is 859. The summed E-state index contributed by atoms with van der Waals surface area (Å²) >= 11 is 0. The lowest BCUT2D eigenvalue weighted by Crippen LogP contribution is -2.28. The van der Waals surface area contributed by atoms with Crippen LogP contribution in [0.3, 0.4) is 0 Å². The van der Waals surface area contributed by atoms with Gasteiger partial charge in [-0.15, -0.1) is 10.2 Å². The van der Waals surface area contributed by atoms with Gasteiger partial charge in [0.15, 0.2) is 5.65 Å². The molecular formula is C20H25N5O. The van der Waals surface area contributed by atoms with Gasteiger partial charge in [-0.25, -0.2) is 0 Å². The van der Waals surface area contributed by atoms with E-state index in [0.29, 0.717) is 17.8 Å². The van der Waals surface area contributed by atoms with Crippen molar-refractivity contribution in [2.75, 3.05) is 25.0 Å². The molecule has 3 rings (SSSR count). The summed E-state index contributed by atoms with van der Waals surface area (Å²) in [6, 6.07) is 13.9. The second kappa shape index (κ2) is 8.47. The van der Waals surface area contributed by atoms with Crippen molar-refractivity contribution in [2.24, 2.45) is 0 Å². The third-order valence-electron chi connectivity index (χ3n) is 4.38. The fourth-order valence-electron chi connectivity index (χ4n) is 2.96. The molecule has 1 aromatic carbocycles. The molecule has 1 amide bonds. The van der Waals surface area contributed by atoms with Crippen LogP contribution in [-0.2, 0) is 6.42 Å². The Morgan fingerprint density at radius 1 is 1.15 bits per heavy atom. The van der Waals surface area contributed by atoms with Crippen molar-refractivity contribution in [3.8, 4) is 0 Å². The molecule has 0 unspecified atom stereocenters. The summed E-state index contributed by atoms with van der Waals surface area (Å²) in [5, 5.41) is 11.4. The van der Waals surface area contributed by atoms with Crippen molar-refractivity contribution in [1.29, 1.82) is 0 Å². The summed E-state index contributed by atoms with van der Waals surface area (Å²) < 4.78 is 1.90. The minimum atomic E-state index is -0.103. The summed E-state index contributed by atoms with van der Waals surface area (Å²) in [5.41, 5.74) is 2.36. The molecule has 3 aromatic rings. The zero-order chi connectivity index (χ0) is 18.4. The average Bonchev–Trinajstić information content (AvgIpc) is 3.09. The van der Waals surface area contributed by atoms with Crippen molar-refractivity contribution in [1.82, 2.24) is 19.9 Å². The van der Waals surface area contributed by atoms with Crippen molar-refractivity contribution < 1.29 is 4.79 Å². The number of carbonyl (C=O) groups is 1. The number of nitrogens with one attached hydrogen (secondary N) is 1. The topological polar surface area (TPSA) is 62.5 Å². The first-order chi connectivity index (χ1) is 12.7. The summed E-state index contributed by atoms with van der Waals surface area (Å²) in [5.74, 6) is 0.787. The van der Waals surface area contributed by atoms with Crippen molar-refractivity contribution in [3.05, 3.63) is 60.0 Å². The second-order valence-corrected chi connectivity index (χ2v) is 6.35. The predicted octanol–water partition coefficient (Wildman–Crippen LogP) is 2.94.